The highest BCUT2D eigenvalue weighted by atomic mass is 28.3. The Hall–Kier alpha value is -3.84. The number of hydrogen-bond acceptors (Lipinski definition) is 8. The molecule has 2 N–H and O–H groups in total. The van der Waals surface area contributed by atoms with Crippen LogP contribution < -0.4 is 15.0 Å². The second kappa shape index (κ2) is 14.9. The molecule has 2 aromatic heterocycles. The molecule has 1 aromatic carbocycles. The quantitative estimate of drug-likeness (QED) is 0.205. The van der Waals surface area contributed by atoms with Crippen molar-refractivity contribution in [3.05, 3.63) is 42.1 Å². The maximum Gasteiger partial charge on any atom is 0.420 e. The largest absolute Gasteiger partial charge is 0.494 e. The van der Waals surface area contributed by atoms with Gasteiger partial charge in [-0.05, 0) is 96.2 Å². The van der Waals surface area contributed by atoms with Gasteiger partial charge in [0.25, 0.3) is 0 Å². The molecule has 0 spiro atoms. The average molecular weight is 669 g/mol. The number of amides is 2. The fraction of sp³-hybridized carbons (Fsp3) is 0.588. The lowest BCUT2D eigenvalue weighted by molar-refractivity contribution is 0.0597. The standard InChI is InChI=1S/C34H52N6O6Si/c1-10-44-25-15-13-24(14-16-25)39(32(43)45-34(5,6)7)30-26(17-18-27(33(2,3)4)46-47(8)9)29(37-28-19-20-35-40(28)30)36-23-12-11-21-38(22-23)31(41)42/h13-16,19-20,23,27,47H,10-12,17-18,21-22H2,1-9H3,(H,36,37)(H,41,42)/t23-,27?/m0/s1. The smallest absolute Gasteiger partial charge is 0.420 e. The number of carboxylic acid groups (broad SMARTS) is 1. The summed E-state index contributed by atoms with van der Waals surface area (Å²) >= 11 is 0. The lowest BCUT2D eigenvalue weighted by Gasteiger charge is -2.35. The van der Waals surface area contributed by atoms with Crippen molar-refractivity contribution >= 4 is 44.2 Å². The first-order valence-corrected chi connectivity index (χ1v) is 19.4. The summed E-state index contributed by atoms with van der Waals surface area (Å²) in [6.07, 6.45) is 2.81. The highest BCUT2D eigenvalue weighted by Gasteiger charge is 2.34. The van der Waals surface area contributed by atoms with Gasteiger partial charge in [-0.25, -0.2) is 19.5 Å². The number of anilines is 3. The molecule has 258 valence electrons. The first kappa shape index (κ1) is 36.0. The average Bonchev–Trinajstić information content (AvgIpc) is 3.44. The summed E-state index contributed by atoms with van der Waals surface area (Å²) in [5.74, 6) is 1.77. The minimum Gasteiger partial charge on any atom is -0.494 e. The van der Waals surface area contributed by atoms with Crippen LogP contribution in [0.1, 0.15) is 73.3 Å². The Morgan fingerprint density at radius 3 is 2.43 bits per heavy atom. The summed E-state index contributed by atoms with van der Waals surface area (Å²) in [6, 6.07) is 8.95. The fourth-order valence-corrected chi connectivity index (χ4v) is 6.99. The number of hydrogen-bond donors (Lipinski definition) is 2. The van der Waals surface area contributed by atoms with E-state index >= 15 is 0 Å². The minimum absolute atomic E-state index is 0.0409. The molecule has 1 aliphatic heterocycles. The summed E-state index contributed by atoms with van der Waals surface area (Å²) in [5, 5.41) is 18.0. The van der Waals surface area contributed by atoms with Crippen LogP contribution in [-0.4, -0.2) is 83.3 Å². The summed E-state index contributed by atoms with van der Waals surface area (Å²) in [4.78, 5) is 34.1. The van der Waals surface area contributed by atoms with Crippen molar-refractivity contribution in [1.82, 2.24) is 19.5 Å². The molecule has 2 atom stereocenters. The van der Waals surface area contributed by atoms with Crippen molar-refractivity contribution in [3.63, 3.8) is 0 Å². The first-order chi connectivity index (χ1) is 22.1. The highest BCUT2D eigenvalue weighted by molar-refractivity contribution is 6.48. The number of fused-ring (bicyclic) bond motifs is 1. The molecule has 4 rings (SSSR count). The van der Waals surface area contributed by atoms with Gasteiger partial charge in [-0.15, -0.1) is 0 Å². The van der Waals surface area contributed by atoms with Gasteiger partial charge in [0.2, 0.25) is 0 Å². The Morgan fingerprint density at radius 2 is 1.83 bits per heavy atom. The van der Waals surface area contributed by atoms with E-state index in [1.165, 1.54) is 4.90 Å². The van der Waals surface area contributed by atoms with E-state index < -0.39 is 26.8 Å². The van der Waals surface area contributed by atoms with Crippen molar-refractivity contribution in [3.8, 4) is 5.75 Å². The molecule has 0 radical (unpaired) electrons. The number of aromatic nitrogens is 3. The van der Waals surface area contributed by atoms with Crippen LogP contribution in [0.4, 0.5) is 26.9 Å². The Labute approximate surface area is 280 Å². The summed E-state index contributed by atoms with van der Waals surface area (Å²) in [6.45, 7) is 19.7. The van der Waals surface area contributed by atoms with Gasteiger partial charge in [0.05, 0.1) is 18.5 Å². The number of carbonyl (C=O) groups is 2. The third kappa shape index (κ3) is 9.37. The molecular weight excluding hydrogens is 616 g/mol. The number of rotatable bonds is 11. The number of nitrogens with one attached hydrogen (secondary N) is 1. The van der Waals surface area contributed by atoms with E-state index in [-0.39, 0.29) is 17.6 Å². The van der Waals surface area contributed by atoms with Gasteiger partial charge in [-0.2, -0.15) is 9.61 Å². The molecule has 12 nitrogen and oxygen atoms in total. The van der Waals surface area contributed by atoms with Crippen LogP contribution in [0, 0.1) is 5.41 Å². The molecule has 0 bridgehead atoms. The SMILES string of the molecule is CCOc1ccc(N(C(=O)OC(C)(C)C)c2c(CCC(O[SiH](C)C)C(C)(C)C)c(N[C@H]3CCCN(C(=O)O)C3)nc3ccnn23)cc1. The molecule has 47 heavy (non-hydrogen) atoms. The Balaban J connectivity index is 1.93. The van der Waals surface area contributed by atoms with Gasteiger partial charge < -0.3 is 29.2 Å². The van der Waals surface area contributed by atoms with E-state index in [0.29, 0.717) is 61.3 Å². The Morgan fingerprint density at radius 1 is 1.13 bits per heavy atom. The van der Waals surface area contributed by atoms with Crippen molar-refractivity contribution in [2.45, 2.75) is 105 Å². The molecular formula is C34H52N6O6Si. The third-order valence-electron chi connectivity index (χ3n) is 7.89. The van der Waals surface area contributed by atoms with Crippen LogP contribution in [0.15, 0.2) is 36.5 Å². The Bertz CT molecular complexity index is 1510. The van der Waals surface area contributed by atoms with E-state index in [1.807, 2.05) is 52.0 Å². The first-order valence-electron chi connectivity index (χ1n) is 16.6. The number of ether oxygens (including phenoxy) is 2. The molecule has 3 heterocycles. The zero-order valence-corrected chi connectivity index (χ0v) is 30.5. The van der Waals surface area contributed by atoms with Gasteiger partial charge in [-0.3, -0.25) is 0 Å². The second-order valence-corrected chi connectivity index (χ2v) is 16.8. The molecule has 2 amide bonds. The number of likely N-dealkylation sites (tertiary alicyclic amines) is 1. The molecule has 1 unspecified atom stereocenters. The van der Waals surface area contributed by atoms with Crippen LogP contribution in [0.3, 0.4) is 0 Å². The Kier molecular flexibility index (Phi) is 11.4. The lowest BCUT2D eigenvalue weighted by atomic mass is 9.85. The number of carbonyl (C=O) groups excluding carboxylic acids is 1. The number of piperidine rings is 1. The summed E-state index contributed by atoms with van der Waals surface area (Å²) in [7, 11) is -1.38. The normalized spacial score (nSPS) is 16.3. The predicted octanol–water partition coefficient (Wildman–Crippen LogP) is 7.10. The van der Waals surface area contributed by atoms with Gasteiger partial charge in [0, 0.05) is 36.9 Å². The zero-order chi connectivity index (χ0) is 34.5. The summed E-state index contributed by atoms with van der Waals surface area (Å²) < 4.78 is 19.9. The minimum atomic E-state index is -1.38. The zero-order valence-electron chi connectivity index (χ0n) is 29.4. The monoisotopic (exact) mass is 668 g/mol. The second-order valence-electron chi connectivity index (χ2n) is 14.4. The van der Waals surface area contributed by atoms with E-state index in [9.17, 15) is 14.7 Å². The van der Waals surface area contributed by atoms with Crippen LogP contribution in [-0.2, 0) is 15.6 Å². The molecule has 13 heteroatoms. The van der Waals surface area contributed by atoms with Crippen LogP contribution in [0.2, 0.25) is 13.1 Å². The highest BCUT2D eigenvalue weighted by Crippen LogP contribution is 2.38. The third-order valence-corrected chi connectivity index (χ3v) is 8.76. The molecule has 1 fully saturated rings. The number of nitrogens with zero attached hydrogens (tertiary/aromatic N) is 5. The van der Waals surface area contributed by atoms with Crippen molar-refractivity contribution in [2.24, 2.45) is 5.41 Å². The van der Waals surface area contributed by atoms with E-state index in [4.69, 9.17) is 18.9 Å². The maximum atomic E-state index is 14.2. The van der Waals surface area contributed by atoms with E-state index in [0.717, 1.165) is 18.4 Å². The van der Waals surface area contributed by atoms with Gasteiger partial charge in [-0.1, -0.05) is 20.8 Å². The van der Waals surface area contributed by atoms with E-state index in [2.05, 4.69) is 44.3 Å². The summed E-state index contributed by atoms with van der Waals surface area (Å²) in [5.41, 5.74) is 0.977. The fourth-order valence-electron chi connectivity index (χ4n) is 5.79. The van der Waals surface area contributed by atoms with Gasteiger partial charge in [0.1, 0.15) is 17.2 Å². The van der Waals surface area contributed by atoms with Gasteiger partial charge in [0.15, 0.2) is 20.5 Å². The molecule has 0 saturated carbocycles. The molecule has 3 aromatic rings. The molecule has 1 saturated heterocycles. The predicted molar refractivity (Wildman–Crippen MR) is 187 cm³/mol. The molecule has 1 aliphatic rings. The van der Waals surface area contributed by atoms with Crippen LogP contribution in [0.25, 0.3) is 5.65 Å². The van der Waals surface area contributed by atoms with Crippen molar-refractivity contribution in [1.29, 1.82) is 0 Å². The lowest BCUT2D eigenvalue weighted by Crippen LogP contribution is -2.45. The number of benzene rings is 1. The van der Waals surface area contributed by atoms with E-state index in [1.54, 1.807) is 21.7 Å². The van der Waals surface area contributed by atoms with Crippen molar-refractivity contribution in [2.75, 3.05) is 29.9 Å². The van der Waals surface area contributed by atoms with Crippen LogP contribution >= 0.6 is 0 Å². The maximum absolute atomic E-state index is 14.2. The van der Waals surface area contributed by atoms with Crippen molar-refractivity contribution < 1.29 is 28.6 Å². The van der Waals surface area contributed by atoms with Gasteiger partial charge >= 0.3 is 12.2 Å². The molecule has 0 aliphatic carbocycles. The topological polar surface area (TPSA) is 131 Å². The van der Waals surface area contributed by atoms with Crippen LogP contribution in [0.5, 0.6) is 5.75 Å².